The molecule has 0 aliphatic carbocycles. The first kappa shape index (κ1) is 12.8. The number of rotatable bonds is 3. The molecule has 2 aromatic heterocycles. The number of fused-ring (bicyclic) bond motifs is 1. The average Bonchev–Trinajstić information content (AvgIpc) is 2.81. The van der Waals surface area contributed by atoms with Crippen LogP contribution in [0.1, 0.15) is 21.7 Å². The maximum absolute atomic E-state index is 11.0. The largest absolute Gasteiger partial charge is 0.478 e. The predicted octanol–water partition coefficient (Wildman–Crippen LogP) is 2.78. The van der Waals surface area contributed by atoms with Gasteiger partial charge in [-0.05, 0) is 29.8 Å². The Labute approximate surface area is 123 Å². The van der Waals surface area contributed by atoms with E-state index in [0.29, 0.717) is 17.9 Å². The van der Waals surface area contributed by atoms with Gasteiger partial charge in [0, 0.05) is 17.1 Å². The fourth-order valence-electron chi connectivity index (χ4n) is 2.01. The van der Waals surface area contributed by atoms with Crippen molar-refractivity contribution in [1.82, 2.24) is 14.6 Å². The highest BCUT2D eigenvalue weighted by atomic mass is 79.9. The second-order valence-corrected chi connectivity index (χ2v) is 5.29. The van der Waals surface area contributed by atoms with E-state index < -0.39 is 5.97 Å². The summed E-state index contributed by atoms with van der Waals surface area (Å²) in [5.74, 6) is -0.254. The van der Waals surface area contributed by atoms with Crippen molar-refractivity contribution in [3.05, 3.63) is 64.0 Å². The minimum absolute atomic E-state index is 0.216. The lowest BCUT2D eigenvalue weighted by atomic mass is 10.1. The van der Waals surface area contributed by atoms with Gasteiger partial charge in [-0.25, -0.2) is 4.79 Å². The summed E-state index contributed by atoms with van der Waals surface area (Å²) in [7, 11) is 0. The van der Waals surface area contributed by atoms with Crippen molar-refractivity contribution in [1.29, 1.82) is 0 Å². The van der Waals surface area contributed by atoms with Crippen molar-refractivity contribution in [3.63, 3.8) is 0 Å². The number of carbonyl (C=O) groups is 1. The number of halogens is 1. The van der Waals surface area contributed by atoms with Crippen LogP contribution >= 0.6 is 15.9 Å². The molecular formula is C14H10BrN3O2. The van der Waals surface area contributed by atoms with Crippen LogP contribution in [0.15, 0.2) is 47.1 Å². The van der Waals surface area contributed by atoms with Crippen LogP contribution in [0.5, 0.6) is 0 Å². The van der Waals surface area contributed by atoms with Crippen LogP contribution in [0.2, 0.25) is 0 Å². The van der Waals surface area contributed by atoms with Gasteiger partial charge in [-0.1, -0.05) is 28.1 Å². The Morgan fingerprint density at radius 3 is 2.85 bits per heavy atom. The van der Waals surface area contributed by atoms with Gasteiger partial charge in [0.2, 0.25) is 0 Å². The summed E-state index contributed by atoms with van der Waals surface area (Å²) in [5, 5.41) is 17.2. The van der Waals surface area contributed by atoms with Gasteiger partial charge in [0.15, 0.2) is 5.65 Å². The average molecular weight is 332 g/mol. The highest BCUT2D eigenvalue weighted by Gasteiger charge is 2.10. The zero-order valence-electron chi connectivity index (χ0n) is 10.3. The van der Waals surface area contributed by atoms with Crippen LogP contribution in [-0.2, 0) is 6.42 Å². The maximum atomic E-state index is 11.0. The van der Waals surface area contributed by atoms with E-state index >= 15 is 0 Å². The standard InChI is InChI=1S/C14H10BrN3O2/c15-11-3-1-2-9(6-11)7-13-17-16-12-5-4-10(14(19)20)8-18(12)13/h1-6,8H,7H2,(H,19,20). The minimum atomic E-state index is -0.964. The first-order chi connectivity index (χ1) is 9.63. The lowest BCUT2D eigenvalue weighted by Crippen LogP contribution is -2.01. The smallest absolute Gasteiger partial charge is 0.337 e. The molecule has 6 heteroatoms. The quantitative estimate of drug-likeness (QED) is 0.801. The van der Waals surface area contributed by atoms with Crippen molar-refractivity contribution in [3.8, 4) is 0 Å². The lowest BCUT2D eigenvalue weighted by Gasteiger charge is -2.02. The predicted molar refractivity (Wildman–Crippen MR) is 76.9 cm³/mol. The van der Waals surface area contributed by atoms with Crippen LogP contribution < -0.4 is 0 Å². The van der Waals surface area contributed by atoms with E-state index in [2.05, 4.69) is 26.1 Å². The molecule has 0 atom stereocenters. The Kier molecular flexibility index (Phi) is 3.23. The van der Waals surface area contributed by atoms with E-state index in [1.54, 1.807) is 16.7 Å². The first-order valence-corrected chi connectivity index (χ1v) is 6.74. The molecule has 5 nitrogen and oxygen atoms in total. The normalized spacial score (nSPS) is 10.8. The van der Waals surface area contributed by atoms with Gasteiger partial charge in [0.25, 0.3) is 0 Å². The van der Waals surface area contributed by atoms with Crippen LogP contribution in [0.3, 0.4) is 0 Å². The fraction of sp³-hybridized carbons (Fsp3) is 0.0714. The Bertz CT molecular complexity index is 798. The summed E-state index contributed by atoms with van der Waals surface area (Å²) in [6.07, 6.45) is 2.13. The van der Waals surface area contributed by atoms with E-state index in [1.165, 1.54) is 6.07 Å². The van der Waals surface area contributed by atoms with Gasteiger partial charge in [0.05, 0.1) is 5.56 Å². The third-order valence-corrected chi connectivity index (χ3v) is 3.46. The highest BCUT2D eigenvalue weighted by Crippen LogP contribution is 2.15. The second-order valence-electron chi connectivity index (χ2n) is 4.37. The van der Waals surface area contributed by atoms with Gasteiger partial charge in [-0.15, -0.1) is 10.2 Å². The monoisotopic (exact) mass is 331 g/mol. The van der Waals surface area contributed by atoms with Crippen LogP contribution in [0, 0.1) is 0 Å². The minimum Gasteiger partial charge on any atom is -0.478 e. The molecule has 0 bridgehead atoms. The molecule has 3 aromatic rings. The molecule has 1 N–H and O–H groups in total. The number of benzene rings is 1. The Morgan fingerprint density at radius 1 is 1.25 bits per heavy atom. The molecule has 0 radical (unpaired) electrons. The highest BCUT2D eigenvalue weighted by molar-refractivity contribution is 9.10. The molecule has 0 aliphatic rings. The van der Waals surface area contributed by atoms with Crippen LogP contribution in [-0.4, -0.2) is 25.7 Å². The van der Waals surface area contributed by atoms with E-state index in [-0.39, 0.29) is 5.56 Å². The number of carboxylic acids is 1. The van der Waals surface area contributed by atoms with Crippen LogP contribution in [0.25, 0.3) is 5.65 Å². The fourth-order valence-corrected chi connectivity index (χ4v) is 2.46. The van der Waals surface area contributed by atoms with E-state index in [4.69, 9.17) is 5.11 Å². The number of aromatic nitrogens is 3. The van der Waals surface area contributed by atoms with E-state index in [0.717, 1.165) is 10.0 Å². The number of hydrogen-bond acceptors (Lipinski definition) is 3. The number of aromatic carboxylic acids is 1. The Morgan fingerprint density at radius 2 is 2.10 bits per heavy atom. The Balaban J connectivity index is 2.03. The third-order valence-electron chi connectivity index (χ3n) is 2.97. The molecule has 0 saturated heterocycles. The molecule has 0 fully saturated rings. The van der Waals surface area contributed by atoms with Crippen LogP contribution in [0.4, 0.5) is 0 Å². The van der Waals surface area contributed by atoms with Gasteiger partial charge in [-0.2, -0.15) is 0 Å². The SMILES string of the molecule is O=C(O)c1ccc2nnc(Cc3cccc(Br)c3)n2c1. The van der Waals surface area contributed by atoms with Crippen molar-refractivity contribution >= 4 is 27.5 Å². The molecule has 0 aliphatic heterocycles. The summed E-state index contributed by atoms with van der Waals surface area (Å²) in [5.41, 5.74) is 1.93. The van der Waals surface area contributed by atoms with Crippen molar-refractivity contribution in [2.75, 3.05) is 0 Å². The summed E-state index contributed by atoms with van der Waals surface area (Å²) >= 11 is 3.43. The van der Waals surface area contributed by atoms with Gasteiger partial charge in [0.1, 0.15) is 5.82 Å². The number of hydrogen-bond donors (Lipinski definition) is 1. The van der Waals surface area contributed by atoms with E-state index in [1.807, 2.05) is 24.3 Å². The van der Waals surface area contributed by atoms with Crippen molar-refractivity contribution in [2.24, 2.45) is 0 Å². The topological polar surface area (TPSA) is 67.5 Å². The van der Waals surface area contributed by atoms with Crippen molar-refractivity contribution < 1.29 is 9.90 Å². The molecular weight excluding hydrogens is 322 g/mol. The zero-order chi connectivity index (χ0) is 14.1. The van der Waals surface area contributed by atoms with Gasteiger partial charge in [-0.3, -0.25) is 4.40 Å². The second kappa shape index (κ2) is 5.05. The van der Waals surface area contributed by atoms with Gasteiger partial charge >= 0.3 is 5.97 Å². The maximum Gasteiger partial charge on any atom is 0.337 e. The number of pyridine rings is 1. The molecule has 3 rings (SSSR count). The summed E-state index contributed by atoms with van der Waals surface area (Å²) in [6.45, 7) is 0. The molecule has 0 saturated carbocycles. The molecule has 20 heavy (non-hydrogen) atoms. The molecule has 2 heterocycles. The Hall–Kier alpha value is -2.21. The zero-order valence-corrected chi connectivity index (χ0v) is 11.9. The van der Waals surface area contributed by atoms with E-state index in [9.17, 15) is 4.79 Å². The lowest BCUT2D eigenvalue weighted by molar-refractivity contribution is 0.0696. The molecule has 0 spiro atoms. The molecule has 1 aromatic carbocycles. The number of nitrogens with zero attached hydrogens (tertiary/aromatic N) is 3. The third kappa shape index (κ3) is 2.42. The molecule has 0 unspecified atom stereocenters. The summed E-state index contributed by atoms with van der Waals surface area (Å²) < 4.78 is 2.71. The molecule has 100 valence electrons. The molecule has 0 amide bonds. The van der Waals surface area contributed by atoms with Crippen molar-refractivity contribution in [2.45, 2.75) is 6.42 Å². The first-order valence-electron chi connectivity index (χ1n) is 5.95. The number of carboxylic acid groups (broad SMARTS) is 1. The van der Waals surface area contributed by atoms with Gasteiger partial charge < -0.3 is 5.11 Å². The summed E-state index contributed by atoms with van der Waals surface area (Å²) in [4.78, 5) is 11.0. The summed E-state index contributed by atoms with van der Waals surface area (Å²) in [6, 6.07) is 11.1.